The summed E-state index contributed by atoms with van der Waals surface area (Å²) in [7, 11) is 1.42. The van der Waals surface area contributed by atoms with Gasteiger partial charge in [0.15, 0.2) is 18.1 Å². The van der Waals surface area contributed by atoms with E-state index in [4.69, 9.17) is 14.2 Å². The van der Waals surface area contributed by atoms with Gasteiger partial charge in [-0.15, -0.1) is 0 Å². The lowest BCUT2D eigenvalue weighted by atomic mass is 10.1. The van der Waals surface area contributed by atoms with Gasteiger partial charge in [0.05, 0.1) is 23.0 Å². The number of barbiturate groups is 1. The highest BCUT2D eigenvalue weighted by Gasteiger charge is 2.37. The smallest absolute Gasteiger partial charge is 0.344 e. The molecule has 1 aliphatic rings. The third kappa shape index (κ3) is 5.58. The summed E-state index contributed by atoms with van der Waals surface area (Å²) in [6.45, 7) is 3.45. The summed E-state index contributed by atoms with van der Waals surface area (Å²) in [5.74, 6) is -1.48. The molecule has 3 rings (SSSR count). The number of esters is 1. The van der Waals surface area contributed by atoms with Crippen molar-refractivity contribution in [2.75, 3.05) is 25.2 Å². The summed E-state index contributed by atoms with van der Waals surface area (Å²) in [5, 5.41) is 2.20. The van der Waals surface area contributed by atoms with Crippen molar-refractivity contribution in [2.45, 2.75) is 13.8 Å². The molecule has 0 aliphatic carbocycles. The molecule has 0 atom stereocenters. The van der Waals surface area contributed by atoms with Crippen molar-refractivity contribution in [1.29, 1.82) is 0 Å². The van der Waals surface area contributed by atoms with Gasteiger partial charge in [0.25, 0.3) is 11.8 Å². The fourth-order valence-corrected chi connectivity index (χ4v) is 4.15. The Morgan fingerprint density at radius 3 is 2.59 bits per heavy atom. The number of hydrogen-bond donors (Lipinski definition) is 1. The Hall–Kier alpha value is -2.93. The maximum atomic E-state index is 13.1. The first-order valence-electron chi connectivity index (χ1n) is 9.99. The number of methoxy groups -OCH3 is 1. The average Bonchev–Trinajstić information content (AvgIpc) is 2.78. The summed E-state index contributed by atoms with van der Waals surface area (Å²) in [4.78, 5) is 50.6. The minimum absolute atomic E-state index is 0.224. The zero-order valence-electron chi connectivity index (χ0n) is 18.4. The van der Waals surface area contributed by atoms with Crippen LogP contribution < -0.4 is 19.7 Å². The molecular formula is C23H20BrIN2O7. The lowest BCUT2D eigenvalue weighted by molar-refractivity contribution is -0.145. The van der Waals surface area contributed by atoms with Crippen LogP contribution in [0.15, 0.2) is 40.4 Å². The first-order chi connectivity index (χ1) is 16.2. The third-order valence-electron chi connectivity index (χ3n) is 4.70. The van der Waals surface area contributed by atoms with Crippen LogP contribution in [-0.2, 0) is 19.1 Å². The summed E-state index contributed by atoms with van der Waals surface area (Å²) in [5.41, 5.74) is 1.39. The standard InChI is InChI=1S/C23H20BrIN2O7/c1-4-33-19(28)11-34-20-17(25)9-13(10-18(20)32-3)8-15-21(29)26-23(31)27(22(15)30)14-5-6-16(24)12(2)7-14/h5-10H,4,11H2,1-3H3,(H,26,29,31)/b15-8+. The molecule has 2 aromatic carbocycles. The molecule has 1 aliphatic heterocycles. The fraction of sp³-hybridized carbons (Fsp3) is 0.217. The predicted octanol–water partition coefficient (Wildman–Crippen LogP) is 3.98. The maximum Gasteiger partial charge on any atom is 0.344 e. The minimum Gasteiger partial charge on any atom is -0.493 e. The van der Waals surface area contributed by atoms with E-state index in [0.717, 1.165) is 14.9 Å². The van der Waals surface area contributed by atoms with E-state index < -0.39 is 23.8 Å². The molecule has 34 heavy (non-hydrogen) atoms. The number of rotatable bonds is 7. The molecule has 1 saturated heterocycles. The molecule has 11 heteroatoms. The molecule has 0 spiro atoms. The van der Waals surface area contributed by atoms with Crippen LogP contribution in [-0.4, -0.2) is 44.1 Å². The largest absolute Gasteiger partial charge is 0.493 e. The van der Waals surface area contributed by atoms with Gasteiger partial charge >= 0.3 is 12.0 Å². The second-order valence-electron chi connectivity index (χ2n) is 7.02. The number of nitrogens with one attached hydrogen (secondary N) is 1. The van der Waals surface area contributed by atoms with Gasteiger partial charge in [-0.3, -0.25) is 14.9 Å². The molecule has 1 fully saturated rings. The third-order valence-corrected chi connectivity index (χ3v) is 6.39. The molecule has 9 nitrogen and oxygen atoms in total. The second kappa shape index (κ2) is 11.0. The number of urea groups is 1. The van der Waals surface area contributed by atoms with Crippen molar-refractivity contribution in [2.24, 2.45) is 0 Å². The Balaban J connectivity index is 1.95. The van der Waals surface area contributed by atoms with Gasteiger partial charge in [0.2, 0.25) is 0 Å². The number of hydrogen-bond acceptors (Lipinski definition) is 7. The molecule has 1 N–H and O–H groups in total. The van der Waals surface area contributed by atoms with Gasteiger partial charge in [0.1, 0.15) is 5.57 Å². The van der Waals surface area contributed by atoms with Crippen LogP contribution in [0.4, 0.5) is 10.5 Å². The summed E-state index contributed by atoms with van der Waals surface area (Å²) >= 11 is 5.37. The van der Waals surface area contributed by atoms with E-state index in [2.05, 4.69) is 21.2 Å². The lowest BCUT2D eigenvalue weighted by Gasteiger charge is -2.26. The van der Waals surface area contributed by atoms with E-state index >= 15 is 0 Å². The number of anilines is 1. The molecular weight excluding hydrogens is 623 g/mol. The van der Waals surface area contributed by atoms with Crippen molar-refractivity contribution >= 4 is 74.1 Å². The number of nitrogens with zero attached hydrogens (tertiary/aromatic N) is 1. The first-order valence-corrected chi connectivity index (χ1v) is 11.9. The number of amides is 4. The highest BCUT2D eigenvalue weighted by molar-refractivity contribution is 14.1. The molecule has 0 bridgehead atoms. The molecule has 0 unspecified atom stereocenters. The van der Waals surface area contributed by atoms with Crippen molar-refractivity contribution in [3.8, 4) is 11.5 Å². The van der Waals surface area contributed by atoms with Gasteiger partial charge < -0.3 is 14.2 Å². The lowest BCUT2D eigenvalue weighted by Crippen LogP contribution is -2.54. The van der Waals surface area contributed by atoms with E-state index in [1.165, 1.54) is 13.2 Å². The number of benzene rings is 2. The molecule has 0 saturated carbocycles. The number of ether oxygens (including phenoxy) is 3. The predicted molar refractivity (Wildman–Crippen MR) is 136 cm³/mol. The Bertz CT molecular complexity index is 1210. The Kier molecular flexibility index (Phi) is 8.31. The molecule has 0 radical (unpaired) electrons. The van der Waals surface area contributed by atoms with E-state index in [-0.39, 0.29) is 18.8 Å². The Morgan fingerprint density at radius 1 is 1.21 bits per heavy atom. The maximum absolute atomic E-state index is 13.1. The van der Waals surface area contributed by atoms with Crippen molar-refractivity contribution in [1.82, 2.24) is 5.32 Å². The van der Waals surface area contributed by atoms with Gasteiger partial charge in [-0.25, -0.2) is 14.5 Å². The van der Waals surface area contributed by atoms with Crippen LogP contribution >= 0.6 is 38.5 Å². The molecule has 4 amide bonds. The topological polar surface area (TPSA) is 111 Å². The highest BCUT2D eigenvalue weighted by Crippen LogP contribution is 2.35. The quantitative estimate of drug-likeness (QED) is 0.211. The highest BCUT2D eigenvalue weighted by atomic mass is 127. The number of aryl methyl sites for hydroxylation is 1. The van der Waals surface area contributed by atoms with Crippen LogP contribution in [0.25, 0.3) is 6.08 Å². The molecule has 1 heterocycles. The average molecular weight is 643 g/mol. The number of carbonyl (C=O) groups excluding carboxylic acids is 4. The van der Waals surface area contributed by atoms with Crippen molar-refractivity contribution in [3.63, 3.8) is 0 Å². The summed E-state index contributed by atoms with van der Waals surface area (Å²) in [6, 6.07) is 7.36. The Morgan fingerprint density at radius 2 is 1.94 bits per heavy atom. The van der Waals surface area contributed by atoms with Gasteiger partial charge in [-0.1, -0.05) is 15.9 Å². The van der Waals surface area contributed by atoms with E-state index in [9.17, 15) is 19.2 Å². The fourth-order valence-electron chi connectivity index (χ4n) is 3.12. The van der Waals surface area contributed by atoms with E-state index in [1.807, 2.05) is 29.5 Å². The number of halogens is 2. The van der Waals surface area contributed by atoms with Crippen LogP contribution in [0.3, 0.4) is 0 Å². The van der Waals surface area contributed by atoms with E-state index in [0.29, 0.717) is 26.3 Å². The minimum atomic E-state index is -0.830. The molecule has 178 valence electrons. The summed E-state index contributed by atoms with van der Waals surface area (Å²) in [6.07, 6.45) is 1.36. The van der Waals surface area contributed by atoms with Crippen LogP contribution in [0, 0.1) is 10.5 Å². The zero-order valence-corrected chi connectivity index (χ0v) is 22.2. The van der Waals surface area contributed by atoms with Crippen molar-refractivity contribution in [3.05, 3.63) is 55.1 Å². The summed E-state index contributed by atoms with van der Waals surface area (Å²) < 4.78 is 17.2. The van der Waals surface area contributed by atoms with Gasteiger partial charge in [-0.2, -0.15) is 0 Å². The first kappa shape index (κ1) is 25.7. The van der Waals surface area contributed by atoms with Gasteiger partial charge in [-0.05, 0) is 84.0 Å². The number of imide groups is 2. The van der Waals surface area contributed by atoms with E-state index in [1.54, 1.807) is 37.3 Å². The second-order valence-corrected chi connectivity index (χ2v) is 9.04. The normalized spacial score (nSPS) is 14.8. The Labute approximate surface area is 217 Å². The molecule has 0 aromatic heterocycles. The van der Waals surface area contributed by atoms with Gasteiger partial charge in [0, 0.05) is 4.47 Å². The van der Waals surface area contributed by atoms with Crippen molar-refractivity contribution < 1.29 is 33.4 Å². The van der Waals surface area contributed by atoms with Crippen LogP contribution in [0.1, 0.15) is 18.1 Å². The van der Waals surface area contributed by atoms with Crippen LogP contribution in [0.2, 0.25) is 0 Å². The van der Waals surface area contributed by atoms with Crippen LogP contribution in [0.5, 0.6) is 11.5 Å². The zero-order chi connectivity index (χ0) is 25.0. The SMILES string of the molecule is CCOC(=O)COc1c(I)cc(/C=C2\C(=O)NC(=O)N(c3ccc(Br)c(C)c3)C2=O)cc1OC. The monoisotopic (exact) mass is 642 g/mol. The molecule has 2 aromatic rings. The number of carbonyl (C=O) groups is 4.